The first-order valence-electron chi connectivity index (χ1n) is 6.26. The van der Waals surface area contributed by atoms with Gasteiger partial charge in [0.05, 0.1) is 6.54 Å². The summed E-state index contributed by atoms with van der Waals surface area (Å²) in [4.78, 5) is 22.6. The molecule has 0 spiro atoms. The number of aromatic nitrogens is 1. The maximum absolute atomic E-state index is 12.8. The summed E-state index contributed by atoms with van der Waals surface area (Å²) in [5.41, 5.74) is -0.613. The summed E-state index contributed by atoms with van der Waals surface area (Å²) in [5.74, 6) is 0.0497. The van der Waals surface area contributed by atoms with Crippen molar-refractivity contribution in [1.29, 1.82) is 5.26 Å². The lowest BCUT2D eigenvalue weighted by Gasteiger charge is -2.51. The number of hydrogen-bond donors (Lipinski definition) is 0. The van der Waals surface area contributed by atoms with Crippen LogP contribution < -0.4 is 4.90 Å². The van der Waals surface area contributed by atoms with Crippen molar-refractivity contribution in [2.24, 2.45) is 0 Å². The number of anilines is 1. The van der Waals surface area contributed by atoms with E-state index >= 15 is 0 Å². The SMILES string of the molecule is CC12CN(C#N)CCN1CCN(c1nccs1)C2=O. The smallest absolute Gasteiger partial charge is 0.250 e. The summed E-state index contributed by atoms with van der Waals surface area (Å²) in [6, 6.07) is 0. The summed E-state index contributed by atoms with van der Waals surface area (Å²) in [6.45, 7) is 5.37. The highest BCUT2D eigenvalue weighted by atomic mass is 32.1. The number of hydrogen-bond acceptors (Lipinski definition) is 6. The van der Waals surface area contributed by atoms with Gasteiger partial charge in [-0.15, -0.1) is 11.3 Å². The Morgan fingerprint density at radius 2 is 2.21 bits per heavy atom. The van der Waals surface area contributed by atoms with Crippen molar-refractivity contribution in [1.82, 2.24) is 14.8 Å². The molecule has 2 aliphatic heterocycles. The minimum absolute atomic E-state index is 0.0497. The van der Waals surface area contributed by atoms with Gasteiger partial charge in [-0.25, -0.2) is 4.98 Å². The van der Waals surface area contributed by atoms with E-state index in [4.69, 9.17) is 5.26 Å². The van der Waals surface area contributed by atoms with Crippen molar-refractivity contribution >= 4 is 22.4 Å². The zero-order chi connectivity index (χ0) is 13.5. The molecule has 3 rings (SSSR count). The van der Waals surface area contributed by atoms with Gasteiger partial charge in [-0.1, -0.05) is 0 Å². The molecule has 1 aromatic heterocycles. The topological polar surface area (TPSA) is 63.5 Å². The van der Waals surface area contributed by atoms with Gasteiger partial charge < -0.3 is 4.90 Å². The molecule has 1 unspecified atom stereocenters. The first-order chi connectivity index (χ1) is 9.15. The number of amides is 1. The second-order valence-electron chi connectivity index (χ2n) is 5.05. The first-order valence-corrected chi connectivity index (χ1v) is 7.14. The van der Waals surface area contributed by atoms with Gasteiger partial charge in [0.25, 0.3) is 5.91 Å². The standard InChI is InChI=1S/C12H15N5OS/c1-12-8-15(9-13)3-4-16(12)5-6-17(10(12)18)11-14-2-7-19-11/h2,7H,3-6,8H2,1H3. The third kappa shape index (κ3) is 1.88. The van der Waals surface area contributed by atoms with Crippen LogP contribution in [0.25, 0.3) is 0 Å². The van der Waals surface area contributed by atoms with Gasteiger partial charge in [0.1, 0.15) is 5.54 Å². The Kier molecular flexibility index (Phi) is 2.92. The van der Waals surface area contributed by atoms with Crippen LogP contribution in [0.1, 0.15) is 6.92 Å². The molecule has 6 nitrogen and oxygen atoms in total. The van der Waals surface area contributed by atoms with Crippen LogP contribution in [0.3, 0.4) is 0 Å². The highest BCUT2D eigenvalue weighted by Gasteiger charge is 2.49. The maximum atomic E-state index is 12.8. The van der Waals surface area contributed by atoms with Gasteiger partial charge in [-0.3, -0.25) is 14.6 Å². The third-order valence-electron chi connectivity index (χ3n) is 3.93. The fourth-order valence-corrected chi connectivity index (χ4v) is 3.50. The number of fused-ring (bicyclic) bond motifs is 1. The first kappa shape index (κ1) is 12.4. The van der Waals surface area contributed by atoms with E-state index in [1.807, 2.05) is 12.3 Å². The van der Waals surface area contributed by atoms with E-state index in [-0.39, 0.29) is 5.91 Å². The van der Waals surface area contributed by atoms with E-state index in [0.717, 1.165) is 18.2 Å². The lowest BCUT2D eigenvalue weighted by Crippen LogP contribution is -2.71. The molecular weight excluding hydrogens is 262 g/mol. The van der Waals surface area contributed by atoms with Crippen molar-refractivity contribution in [2.75, 3.05) is 37.6 Å². The molecule has 1 aromatic rings. The van der Waals surface area contributed by atoms with Crippen LogP contribution in [0.2, 0.25) is 0 Å². The normalized spacial score (nSPS) is 28.1. The highest BCUT2D eigenvalue weighted by molar-refractivity contribution is 7.13. The van der Waals surface area contributed by atoms with Crippen LogP contribution in [-0.4, -0.2) is 59.0 Å². The molecule has 0 N–H and O–H groups in total. The zero-order valence-electron chi connectivity index (χ0n) is 10.7. The molecule has 0 aromatic carbocycles. The fraction of sp³-hybridized carbons (Fsp3) is 0.583. The molecule has 0 saturated carbocycles. The molecule has 0 aliphatic carbocycles. The lowest BCUT2D eigenvalue weighted by atomic mass is 9.92. The Balaban J connectivity index is 1.89. The van der Waals surface area contributed by atoms with Crippen molar-refractivity contribution in [3.8, 4) is 6.19 Å². The lowest BCUT2D eigenvalue weighted by molar-refractivity contribution is -0.136. The molecule has 1 amide bonds. The Morgan fingerprint density at radius 1 is 1.42 bits per heavy atom. The molecule has 1 atom stereocenters. The number of nitrogens with zero attached hydrogens (tertiary/aromatic N) is 5. The Bertz CT molecular complexity index is 525. The van der Waals surface area contributed by atoms with Crippen LogP contribution in [0.5, 0.6) is 0 Å². The van der Waals surface area contributed by atoms with Crippen molar-refractivity contribution in [3.63, 3.8) is 0 Å². The van der Waals surface area contributed by atoms with Crippen LogP contribution in [0.4, 0.5) is 5.13 Å². The van der Waals surface area contributed by atoms with Gasteiger partial charge in [0.2, 0.25) is 0 Å². The van der Waals surface area contributed by atoms with Crippen molar-refractivity contribution in [2.45, 2.75) is 12.5 Å². The van der Waals surface area contributed by atoms with Gasteiger partial charge >= 0.3 is 0 Å². The van der Waals surface area contributed by atoms with Gasteiger partial charge in [0.15, 0.2) is 11.3 Å². The largest absolute Gasteiger partial charge is 0.307 e. The molecule has 100 valence electrons. The van der Waals surface area contributed by atoms with E-state index < -0.39 is 5.54 Å². The van der Waals surface area contributed by atoms with Crippen LogP contribution in [0, 0.1) is 11.5 Å². The van der Waals surface area contributed by atoms with Gasteiger partial charge in [0, 0.05) is 37.8 Å². The average molecular weight is 277 g/mol. The summed E-state index contributed by atoms with van der Waals surface area (Å²) in [6.07, 6.45) is 3.87. The van der Waals surface area contributed by atoms with Crippen molar-refractivity contribution < 1.29 is 4.79 Å². The number of thiazole rings is 1. The third-order valence-corrected chi connectivity index (χ3v) is 4.72. The monoisotopic (exact) mass is 277 g/mol. The quantitative estimate of drug-likeness (QED) is 0.693. The number of rotatable bonds is 1. The van der Waals surface area contributed by atoms with E-state index in [1.165, 1.54) is 11.3 Å². The van der Waals surface area contributed by atoms with Crippen LogP contribution in [-0.2, 0) is 4.79 Å². The summed E-state index contributed by atoms with van der Waals surface area (Å²) in [5, 5.41) is 11.7. The molecule has 7 heteroatoms. The number of piperazine rings is 2. The van der Waals surface area contributed by atoms with Crippen LogP contribution >= 0.6 is 11.3 Å². The molecule has 3 heterocycles. The Hall–Kier alpha value is -1.65. The highest BCUT2D eigenvalue weighted by Crippen LogP contribution is 2.30. The minimum atomic E-state index is -0.613. The second kappa shape index (κ2) is 4.47. The van der Waals surface area contributed by atoms with Gasteiger partial charge in [-0.2, -0.15) is 5.26 Å². The molecular formula is C12H15N5OS. The van der Waals surface area contributed by atoms with Gasteiger partial charge in [-0.05, 0) is 6.92 Å². The van der Waals surface area contributed by atoms with E-state index in [9.17, 15) is 4.79 Å². The molecule has 19 heavy (non-hydrogen) atoms. The molecule has 2 saturated heterocycles. The van der Waals surface area contributed by atoms with E-state index in [0.29, 0.717) is 19.6 Å². The number of carbonyl (C=O) groups excluding carboxylic acids is 1. The fourth-order valence-electron chi connectivity index (χ4n) is 2.83. The predicted octanol–water partition coefficient (Wildman–Crippen LogP) is 0.347. The zero-order valence-corrected chi connectivity index (χ0v) is 11.6. The molecule has 0 radical (unpaired) electrons. The molecule has 2 aliphatic rings. The molecule has 0 bridgehead atoms. The van der Waals surface area contributed by atoms with E-state index in [2.05, 4.69) is 16.1 Å². The number of carbonyl (C=O) groups is 1. The summed E-state index contributed by atoms with van der Waals surface area (Å²) >= 11 is 1.47. The molecule has 2 fully saturated rings. The Labute approximate surface area is 115 Å². The predicted molar refractivity (Wildman–Crippen MR) is 71.6 cm³/mol. The second-order valence-corrected chi connectivity index (χ2v) is 5.93. The number of nitriles is 1. The van der Waals surface area contributed by atoms with E-state index in [1.54, 1.807) is 16.0 Å². The summed E-state index contributed by atoms with van der Waals surface area (Å²) in [7, 11) is 0. The Morgan fingerprint density at radius 3 is 2.89 bits per heavy atom. The minimum Gasteiger partial charge on any atom is -0.307 e. The van der Waals surface area contributed by atoms with Crippen molar-refractivity contribution in [3.05, 3.63) is 11.6 Å². The van der Waals surface area contributed by atoms with Crippen LogP contribution in [0.15, 0.2) is 11.6 Å². The maximum Gasteiger partial charge on any atom is 0.250 e. The summed E-state index contributed by atoms with van der Waals surface area (Å²) < 4.78 is 0. The average Bonchev–Trinajstić information content (AvgIpc) is 2.93.